The Hall–Kier alpha value is -1.96. The number of alkyl halides is 3. The summed E-state index contributed by atoms with van der Waals surface area (Å²) in [5.41, 5.74) is -0.855. The fraction of sp³-hybridized carbons (Fsp3) is 0.467. The smallest absolute Gasteiger partial charge is 0.376 e. The molecule has 5 nitrogen and oxygen atoms in total. The molecule has 0 aliphatic carbocycles. The molecule has 1 aliphatic heterocycles. The molecule has 9 heteroatoms. The van der Waals surface area contributed by atoms with E-state index in [-0.39, 0.29) is 24.7 Å². The number of anilines is 1. The van der Waals surface area contributed by atoms with Crippen molar-refractivity contribution in [3.8, 4) is 0 Å². The molecule has 1 aliphatic rings. The third-order valence-electron chi connectivity index (χ3n) is 3.62. The lowest BCUT2D eigenvalue weighted by atomic mass is 10.2. The quantitative estimate of drug-likeness (QED) is 0.845. The normalized spacial score (nSPS) is 14.6. The molecule has 2 amide bonds. The lowest BCUT2D eigenvalue weighted by Crippen LogP contribution is -2.40. The summed E-state index contributed by atoms with van der Waals surface area (Å²) in [5, 5.41) is 4.62. The van der Waals surface area contributed by atoms with Crippen molar-refractivity contribution in [2.45, 2.75) is 19.0 Å². The van der Waals surface area contributed by atoms with Crippen molar-refractivity contribution in [1.29, 1.82) is 0 Å². The first-order valence-electron chi connectivity index (χ1n) is 7.42. The molecule has 1 fully saturated rings. The van der Waals surface area contributed by atoms with E-state index in [0.29, 0.717) is 13.1 Å². The third kappa shape index (κ3) is 5.02. The minimum Gasteiger partial charge on any atom is -0.376 e. The first-order chi connectivity index (χ1) is 11.3. The molecule has 1 aromatic rings. The van der Waals surface area contributed by atoms with Gasteiger partial charge in [-0.3, -0.25) is 9.59 Å². The highest BCUT2D eigenvalue weighted by Crippen LogP contribution is 2.36. The fourth-order valence-corrected chi connectivity index (χ4v) is 2.57. The fourth-order valence-electron chi connectivity index (χ4n) is 2.35. The number of halogens is 4. The Bertz CT molecular complexity index is 616. The van der Waals surface area contributed by atoms with Gasteiger partial charge < -0.3 is 15.5 Å². The Labute approximate surface area is 142 Å². The maximum absolute atomic E-state index is 12.8. The summed E-state index contributed by atoms with van der Waals surface area (Å²) in [4.78, 5) is 25.1. The molecule has 0 radical (unpaired) electrons. The molecule has 0 saturated carbocycles. The van der Waals surface area contributed by atoms with Crippen molar-refractivity contribution in [1.82, 2.24) is 10.2 Å². The predicted octanol–water partition coefficient (Wildman–Crippen LogP) is 2.51. The van der Waals surface area contributed by atoms with Crippen molar-refractivity contribution in [3.63, 3.8) is 0 Å². The van der Waals surface area contributed by atoms with Gasteiger partial charge in [0.1, 0.15) is 0 Å². The van der Waals surface area contributed by atoms with Gasteiger partial charge in [0.2, 0.25) is 11.8 Å². The molecule has 1 aromatic carbocycles. The van der Waals surface area contributed by atoms with Crippen LogP contribution >= 0.6 is 11.6 Å². The predicted molar refractivity (Wildman–Crippen MR) is 83.8 cm³/mol. The van der Waals surface area contributed by atoms with E-state index < -0.39 is 22.7 Å². The summed E-state index contributed by atoms with van der Waals surface area (Å²) < 4.78 is 38.3. The summed E-state index contributed by atoms with van der Waals surface area (Å²) in [6.07, 6.45) is -2.65. The first kappa shape index (κ1) is 18.4. The van der Waals surface area contributed by atoms with Gasteiger partial charge >= 0.3 is 6.18 Å². The number of hydrogen-bond acceptors (Lipinski definition) is 3. The molecule has 0 spiro atoms. The average molecular weight is 364 g/mol. The topological polar surface area (TPSA) is 61.4 Å². The first-order valence-corrected chi connectivity index (χ1v) is 7.80. The molecule has 1 heterocycles. The van der Waals surface area contributed by atoms with Crippen molar-refractivity contribution in [2.24, 2.45) is 0 Å². The molecule has 0 bridgehead atoms. The SMILES string of the molecule is O=C(CNc1ccc(Cl)c(C(F)(F)F)c1)NCC(=O)N1CCCC1. The van der Waals surface area contributed by atoms with Crippen LogP contribution in [0.1, 0.15) is 18.4 Å². The number of nitrogens with one attached hydrogen (secondary N) is 2. The Balaban J connectivity index is 1.82. The van der Waals surface area contributed by atoms with Crippen LogP contribution in [-0.2, 0) is 15.8 Å². The number of likely N-dealkylation sites (tertiary alicyclic amines) is 1. The Kier molecular flexibility index (Phi) is 5.93. The van der Waals surface area contributed by atoms with Crippen molar-refractivity contribution >= 4 is 29.1 Å². The van der Waals surface area contributed by atoms with Crippen LogP contribution in [-0.4, -0.2) is 42.9 Å². The van der Waals surface area contributed by atoms with Crippen molar-refractivity contribution in [3.05, 3.63) is 28.8 Å². The number of benzene rings is 1. The molecule has 24 heavy (non-hydrogen) atoms. The highest BCUT2D eigenvalue weighted by atomic mass is 35.5. The van der Waals surface area contributed by atoms with E-state index in [9.17, 15) is 22.8 Å². The van der Waals surface area contributed by atoms with Gasteiger partial charge in [-0.05, 0) is 31.0 Å². The van der Waals surface area contributed by atoms with Crippen molar-refractivity contribution in [2.75, 3.05) is 31.5 Å². The van der Waals surface area contributed by atoms with Crippen LogP contribution in [0.5, 0.6) is 0 Å². The molecule has 0 atom stereocenters. The van der Waals surface area contributed by atoms with Crippen LogP contribution in [0.25, 0.3) is 0 Å². The zero-order chi connectivity index (χ0) is 17.7. The summed E-state index contributed by atoms with van der Waals surface area (Å²) in [6, 6.07) is 3.30. The molecule has 0 unspecified atom stereocenters. The maximum atomic E-state index is 12.8. The van der Waals surface area contributed by atoms with E-state index >= 15 is 0 Å². The zero-order valence-corrected chi connectivity index (χ0v) is 13.5. The highest BCUT2D eigenvalue weighted by molar-refractivity contribution is 6.31. The largest absolute Gasteiger partial charge is 0.417 e. The van der Waals surface area contributed by atoms with E-state index in [4.69, 9.17) is 11.6 Å². The van der Waals surface area contributed by atoms with Gasteiger partial charge in [0, 0.05) is 18.8 Å². The molecular formula is C15H17ClF3N3O2. The maximum Gasteiger partial charge on any atom is 0.417 e. The molecule has 132 valence electrons. The Morgan fingerprint density at radius 3 is 2.46 bits per heavy atom. The van der Waals surface area contributed by atoms with Gasteiger partial charge in [-0.2, -0.15) is 13.2 Å². The van der Waals surface area contributed by atoms with Gasteiger partial charge in [-0.15, -0.1) is 0 Å². The van der Waals surface area contributed by atoms with Gasteiger partial charge in [0.05, 0.1) is 23.7 Å². The molecule has 2 rings (SSSR count). The van der Waals surface area contributed by atoms with Gasteiger partial charge in [0.25, 0.3) is 0 Å². The van der Waals surface area contributed by atoms with E-state index in [0.717, 1.165) is 25.0 Å². The highest BCUT2D eigenvalue weighted by Gasteiger charge is 2.33. The summed E-state index contributed by atoms with van der Waals surface area (Å²) in [5.74, 6) is -0.641. The molecule has 1 saturated heterocycles. The van der Waals surface area contributed by atoms with Crippen LogP contribution in [0.4, 0.5) is 18.9 Å². The Morgan fingerprint density at radius 1 is 1.17 bits per heavy atom. The molecule has 2 N–H and O–H groups in total. The summed E-state index contributed by atoms with van der Waals surface area (Å²) >= 11 is 5.52. The minimum atomic E-state index is -4.57. The zero-order valence-electron chi connectivity index (χ0n) is 12.8. The second-order valence-corrected chi connectivity index (χ2v) is 5.82. The number of carbonyl (C=O) groups excluding carboxylic acids is 2. The third-order valence-corrected chi connectivity index (χ3v) is 3.95. The van der Waals surface area contributed by atoms with Gasteiger partial charge in [-0.25, -0.2) is 0 Å². The summed E-state index contributed by atoms with van der Waals surface area (Å²) in [7, 11) is 0. The minimum absolute atomic E-state index is 0.116. The van der Waals surface area contributed by atoms with E-state index in [1.54, 1.807) is 4.90 Å². The monoisotopic (exact) mass is 363 g/mol. The number of hydrogen-bond donors (Lipinski definition) is 2. The van der Waals surface area contributed by atoms with E-state index in [2.05, 4.69) is 10.6 Å². The van der Waals surface area contributed by atoms with Gasteiger partial charge in [0.15, 0.2) is 0 Å². The number of nitrogens with zero attached hydrogens (tertiary/aromatic N) is 1. The summed E-state index contributed by atoms with van der Waals surface area (Å²) in [6.45, 7) is 1.02. The van der Waals surface area contributed by atoms with Crippen LogP contribution in [0, 0.1) is 0 Å². The molecular weight excluding hydrogens is 347 g/mol. The number of amides is 2. The van der Waals surface area contributed by atoms with E-state index in [1.165, 1.54) is 6.07 Å². The Morgan fingerprint density at radius 2 is 1.83 bits per heavy atom. The lowest BCUT2D eigenvalue weighted by Gasteiger charge is -2.16. The average Bonchev–Trinajstić information content (AvgIpc) is 3.05. The number of rotatable bonds is 5. The van der Waals surface area contributed by atoms with Crippen LogP contribution in [0.2, 0.25) is 5.02 Å². The van der Waals surface area contributed by atoms with Crippen LogP contribution < -0.4 is 10.6 Å². The van der Waals surface area contributed by atoms with E-state index in [1.807, 2.05) is 0 Å². The van der Waals surface area contributed by atoms with Crippen LogP contribution in [0.15, 0.2) is 18.2 Å². The van der Waals surface area contributed by atoms with Gasteiger partial charge in [-0.1, -0.05) is 11.6 Å². The van der Waals surface area contributed by atoms with Crippen molar-refractivity contribution < 1.29 is 22.8 Å². The number of carbonyl (C=O) groups is 2. The lowest BCUT2D eigenvalue weighted by molar-refractivity contribution is -0.137. The second-order valence-electron chi connectivity index (χ2n) is 5.41. The molecule has 0 aromatic heterocycles. The second kappa shape index (κ2) is 7.74. The van der Waals surface area contributed by atoms with Crippen LogP contribution in [0.3, 0.4) is 0 Å². The standard InChI is InChI=1S/C15H17ClF3N3O2/c16-12-4-3-10(7-11(12)15(17,18)19)20-8-13(23)21-9-14(24)22-5-1-2-6-22/h3-4,7,20H,1-2,5-6,8-9H2,(H,21,23).